The first-order valence-electron chi connectivity index (χ1n) is 8.59. The summed E-state index contributed by atoms with van der Waals surface area (Å²) >= 11 is 1.80. The van der Waals surface area contributed by atoms with Gasteiger partial charge in [-0.3, -0.25) is 0 Å². The highest BCUT2D eigenvalue weighted by atomic mass is 32.1. The molecule has 1 aliphatic rings. The minimum Gasteiger partial charge on any atom is -0.399 e. The molecule has 0 amide bonds. The molecule has 0 radical (unpaired) electrons. The number of nitrogens with two attached hydrogens (primary N) is 1. The highest BCUT2D eigenvalue weighted by Crippen LogP contribution is 2.30. The van der Waals surface area contributed by atoms with Crippen LogP contribution >= 0.6 is 11.3 Å². The number of nitrogens with zero attached hydrogens (tertiary/aromatic N) is 1. The molecule has 1 fully saturated rings. The van der Waals surface area contributed by atoms with Crippen molar-refractivity contribution < 1.29 is 0 Å². The zero-order valence-electron chi connectivity index (χ0n) is 13.7. The van der Waals surface area contributed by atoms with Crippen LogP contribution in [0.3, 0.4) is 0 Å². The zero-order valence-corrected chi connectivity index (χ0v) is 14.6. The number of piperidine rings is 1. The van der Waals surface area contributed by atoms with E-state index in [1.807, 2.05) is 12.1 Å². The Morgan fingerprint density at radius 1 is 1.08 bits per heavy atom. The summed E-state index contributed by atoms with van der Waals surface area (Å²) in [6, 6.07) is 17.9. The Morgan fingerprint density at radius 2 is 1.96 bits per heavy atom. The molecule has 1 aliphatic heterocycles. The largest absolute Gasteiger partial charge is 0.399 e. The molecule has 1 aromatic heterocycles. The molecule has 4 heteroatoms. The topological polar surface area (TPSA) is 41.3 Å². The monoisotopic (exact) mass is 337 g/mol. The lowest BCUT2D eigenvalue weighted by molar-refractivity contribution is 0.428. The average molecular weight is 337 g/mol. The number of nitrogen functional groups attached to an aromatic ring is 1. The lowest BCUT2D eigenvalue weighted by Gasteiger charge is -2.36. The molecule has 0 spiro atoms. The average Bonchev–Trinajstić information content (AvgIpc) is 3.08. The van der Waals surface area contributed by atoms with Gasteiger partial charge in [0.1, 0.15) is 0 Å². The van der Waals surface area contributed by atoms with Gasteiger partial charge in [0.25, 0.3) is 0 Å². The van der Waals surface area contributed by atoms with Crippen LogP contribution in [-0.2, 0) is 6.54 Å². The molecule has 3 N–H and O–H groups in total. The van der Waals surface area contributed by atoms with Crippen LogP contribution in [0.15, 0.2) is 53.9 Å². The van der Waals surface area contributed by atoms with Crippen LogP contribution in [0.5, 0.6) is 0 Å². The van der Waals surface area contributed by atoms with Crippen LogP contribution in [0.1, 0.15) is 18.4 Å². The third-order valence-corrected chi connectivity index (χ3v) is 5.72. The van der Waals surface area contributed by atoms with Gasteiger partial charge in [-0.05, 0) is 78.7 Å². The molecule has 0 unspecified atom stereocenters. The fourth-order valence-electron chi connectivity index (χ4n) is 3.57. The van der Waals surface area contributed by atoms with E-state index in [1.165, 1.54) is 34.2 Å². The Balaban J connectivity index is 1.68. The SMILES string of the molecule is Nc1cccc(CN(c2ccc3sccc3c2)C2CCNCC2)c1. The second-order valence-electron chi connectivity index (χ2n) is 6.50. The highest BCUT2D eigenvalue weighted by molar-refractivity contribution is 7.17. The van der Waals surface area contributed by atoms with Gasteiger partial charge in [-0.2, -0.15) is 0 Å². The molecule has 124 valence electrons. The van der Waals surface area contributed by atoms with Crippen LogP contribution < -0.4 is 16.0 Å². The van der Waals surface area contributed by atoms with Crippen molar-refractivity contribution in [2.24, 2.45) is 0 Å². The van der Waals surface area contributed by atoms with Gasteiger partial charge >= 0.3 is 0 Å². The summed E-state index contributed by atoms with van der Waals surface area (Å²) in [6.45, 7) is 3.10. The first-order valence-corrected chi connectivity index (χ1v) is 9.46. The highest BCUT2D eigenvalue weighted by Gasteiger charge is 2.22. The zero-order chi connectivity index (χ0) is 16.4. The Labute approximate surface area is 147 Å². The molecule has 4 rings (SSSR count). The van der Waals surface area contributed by atoms with E-state index in [2.05, 4.69) is 52.0 Å². The summed E-state index contributed by atoms with van der Waals surface area (Å²) in [5.41, 5.74) is 9.42. The summed E-state index contributed by atoms with van der Waals surface area (Å²) in [5, 5.41) is 6.98. The van der Waals surface area contributed by atoms with E-state index < -0.39 is 0 Å². The fraction of sp³-hybridized carbons (Fsp3) is 0.300. The van der Waals surface area contributed by atoms with Gasteiger partial charge in [0.2, 0.25) is 0 Å². The van der Waals surface area contributed by atoms with Crippen LogP contribution in [0, 0.1) is 0 Å². The summed E-state index contributed by atoms with van der Waals surface area (Å²) < 4.78 is 1.35. The Bertz CT molecular complexity index is 820. The second-order valence-corrected chi connectivity index (χ2v) is 7.44. The minimum absolute atomic E-state index is 0.573. The lowest BCUT2D eigenvalue weighted by atomic mass is 10.0. The normalized spacial score (nSPS) is 15.7. The first kappa shape index (κ1) is 15.5. The predicted molar refractivity (Wildman–Crippen MR) is 105 cm³/mol. The van der Waals surface area contributed by atoms with Gasteiger partial charge in [0, 0.05) is 28.7 Å². The van der Waals surface area contributed by atoms with Crippen molar-refractivity contribution in [1.29, 1.82) is 0 Å². The number of benzene rings is 2. The van der Waals surface area contributed by atoms with Crippen molar-refractivity contribution in [3.05, 3.63) is 59.5 Å². The molecule has 0 atom stereocenters. The molecule has 1 saturated heterocycles. The summed E-state index contributed by atoms with van der Waals surface area (Å²) in [7, 11) is 0. The third-order valence-electron chi connectivity index (χ3n) is 4.82. The lowest BCUT2D eigenvalue weighted by Crippen LogP contribution is -2.43. The molecule has 0 bridgehead atoms. The Hall–Kier alpha value is -2.04. The van der Waals surface area contributed by atoms with Gasteiger partial charge in [-0.15, -0.1) is 11.3 Å². The van der Waals surface area contributed by atoms with Crippen molar-refractivity contribution >= 4 is 32.8 Å². The maximum absolute atomic E-state index is 5.98. The van der Waals surface area contributed by atoms with Gasteiger partial charge in [-0.25, -0.2) is 0 Å². The molecule has 0 saturated carbocycles. The quantitative estimate of drug-likeness (QED) is 0.700. The number of fused-ring (bicyclic) bond motifs is 1. The van der Waals surface area contributed by atoms with Crippen molar-refractivity contribution in [3.63, 3.8) is 0 Å². The van der Waals surface area contributed by atoms with E-state index in [9.17, 15) is 0 Å². The van der Waals surface area contributed by atoms with Crippen LogP contribution in [-0.4, -0.2) is 19.1 Å². The molecule has 0 aliphatic carbocycles. The maximum atomic E-state index is 5.98. The second kappa shape index (κ2) is 6.83. The predicted octanol–water partition coefficient (Wildman–Crippen LogP) is 4.24. The van der Waals surface area contributed by atoms with Crippen molar-refractivity contribution in [3.8, 4) is 0 Å². The van der Waals surface area contributed by atoms with Crippen molar-refractivity contribution in [1.82, 2.24) is 5.32 Å². The number of hydrogen-bond donors (Lipinski definition) is 2. The molecule has 2 heterocycles. The molecule has 2 aromatic carbocycles. The van der Waals surface area contributed by atoms with Crippen LogP contribution in [0.2, 0.25) is 0 Å². The van der Waals surface area contributed by atoms with E-state index in [-0.39, 0.29) is 0 Å². The summed E-state index contributed by atoms with van der Waals surface area (Å²) in [5.74, 6) is 0. The molecule has 24 heavy (non-hydrogen) atoms. The first-order chi connectivity index (χ1) is 11.8. The van der Waals surface area contributed by atoms with Crippen LogP contribution in [0.25, 0.3) is 10.1 Å². The molecule has 3 aromatic rings. The number of thiophene rings is 1. The van der Waals surface area contributed by atoms with Crippen molar-refractivity contribution in [2.45, 2.75) is 25.4 Å². The van der Waals surface area contributed by atoms with E-state index >= 15 is 0 Å². The maximum Gasteiger partial charge on any atom is 0.0433 e. The summed E-state index contributed by atoms with van der Waals surface area (Å²) in [6.07, 6.45) is 2.37. The number of nitrogens with one attached hydrogen (secondary N) is 1. The minimum atomic E-state index is 0.573. The number of anilines is 2. The standard InChI is InChI=1S/C20H23N3S/c21-17-3-1-2-15(12-17)14-23(18-6-9-22-10-7-18)19-4-5-20-16(13-19)8-11-24-20/h1-5,8,11-13,18,22H,6-7,9-10,14,21H2. The number of rotatable bonds is 4. The van der Waals surface area contributed by atoms with Gasteiger partial charge in [0.05, 0.1) is 0 Å². The van der Waals surface area contributed by atoms with Gasteiger partial charge in [0.15, 0.2) is 0 Å². The fourth-order valence-corrected chi connectivity index (χ4v) is 4.34. The van der Waals surface area contributed by atoms with Crippen LogP contribution in [0.4, 0.5) is 11.4 Å². The van der Waals surface area contributed by atoms with Gasteiger partial charge in [-0.1, -0.05) is 12.1 Å². The van der Waals surface area contributed by atoms with E-state index in [0.717, 1.165) is 25.3 Å². The Morgan fingerprint density at radius 3 is 2.79 bits per heavy atom. The molecular formula is C20H23N3S. The summed E-state index contributed by atoms with van der Waals surface area (Å²) in [4.78, 5) is 2.56. The smallest absolute Gasteiger partial charge is 0.0433 e. The van der Waals surface area contributed by atoms with Gasteiger partial charge < -0.3 is 16.0 Å². The van der Waals surface area contributed by atoms with E-state index in [1.54, 1.807) is 11.3 Å². The van der Waals surface area contributed by atoms with E-state index in [4.69, 9.17) is 5.73 Å². The molecule has 3 nitrogen and oxygen atoms in total. The molecular weight excluding hydrogens is 314 g/mol. The van der Waals surface area contributed by atoms with Crippen molar-refractivity contribution in [2.75, 3.05) is 23.7 Å². The Kier molecular flexibility index (Phi) is 4.41. The number of hydrogen-bond acceptors (Lipinski definition) is 4. The van der Waals surface area contributed by atoms with E-state index in [0.29, 0.717) is 6.04 Å². The third kappa shape index (κ3) is 3.25.